The summed E-state index contributed by atoms with van der Waals surface area (Å²) in [5.74, 6) is 0.480. The largest absolute Gasteiger partial charge is 0.273 e. The van der Waals surface area contributed by atoms with Crippen molar-refractivity contribution in [2.45, 2.75) is 41.5 Å². The molecule has 0 bridgehead atoms. The number of fused-ring (bicyclic) bond motifs is 3. The molecule has 2 aliphatic heterocycles. The molecule has 6 heteroatoms. The van der Waals surface area contributed by atoms with E-state index in [9.17, 15) is 4.79 Å². The number of amides is 1. The average molecular weight is 364 g/mol. The molecular weight excluding hydrogens is 340 g/mol. The molecule has 4 rings (SSSR count). The van der Waals surface area contributed by atoms with Crippen LogP contribution in [0.3, 0.4) is 0 Å². The van der Waals surface area contributed by atoms with Gasteiger partial charge in [0.05, 0.1) is 16.7 Å². The molecule has 27 heavy (non-hydrogen) atoms. The summed E-state index contributed by atoms with van der Waals surface area (Å²) < 4.78 is 0. The van der Waals surface area contributed by atoms with Gasteiger partial charge in [0, 0.05) is 11.5 Å². The second kappa shape index (κ2) is 6.09. The van der Waals surface area contributed by atoms with Gasteiger partial charge in [0.25, 0.3) is 0 Å². The molecule has 0 saturated carbocycles. The van der Waals surface area contributed by atoms with Crippen LogP contribution in [-0.2, 0) is 9.73 Å². The van der Waals surface area contributed by atoms with Gasteiger partial charge in [-0.15, -0.1) is 0 Å². The number of rotatable bonds is 2. The number of amidine groups is 1. The summed E-state index contributed by atoms with van der Waals surface area (Å²) in [6.07, 6.45) is 0. The monoisotopic (exact) mass is 364 g/mol. The summed E-state index contributed by atoms with van der Waals surface area (Å²) in [4.78, 5) is 18.5. The number of hydrogen-bond donors (Lipinski definition) is 0. The molecule has 0 atom stereocenters. The maximum absolute atomic E-state index is 12.9. The molecule has 0 fully saturated rings. The van der Waals surface area contributed by atoms with Crippen LogP contribution in [0.15, 0.2) is 35.5 Å². The Bertz CT molecular complexity index is 954. The number of hydrogen-bond acceptors (Lipinski definition) is 5. The van der Waals surface area contributed by atoms with Crippen molar-refractivity contribution in [3.05, 3.63) is 58.1 Å². The zero-order valence-electron chi connectivity index (χ0n) is 16.6. The fourth-order valence-corrected chi connectivity index (χ4v) is 3.63. The van der Waals surface area contributed by atoms with Gasteiger partial charge in [-0.25, -0.2) is 0 Å². The van der Waals surface area contributed by atoms with Gasteiger partial charge in [0.15, 0.2) is 0 Å². The molecule has 2 aromatic rings. The first-order valence-corrected chi connectivity index (χ1v) is 9.19. The lowest BCUT2D eigenvalue weighted by Crippen LogP contribution is -2.50. The van der Waals surface area contributed by atoms with Crippen LogP contribution in [0, 0.1) is 33.6 Å². The molecule has 6 nitrogen and oxygen atoms in total. The highest BCUT2D eigenvalue weighted by Gasteiger charge is 2.47. The van der Waals surface area contributed by atoms with Crippen LogP contribution < -0.4 is 10.0 Å². The Balaban J connectivity index is 1.88. The van der Waals surface area contributed by atoms with Gasteiger partial charge in [-0.05, 0) is 67.2 Å². The van der Waals surface area contributed by atoms with Gasteiger partial charge in [-0.2, -0.15) is 10.0 Å². The fourth-order valence-electron chi connectivity index (χ4n) is 3.63. The van der Waals surface area contributed by atoms with Crippen molar-refractivity contribution < 1.29 is 9.73 Å². The van der Waals surface area contributed by atoms with Crippen molar-refractivity contribution in [2.75, 3.05) is 10.0 Å². The number of benzene rings is 2. The molecule has 0 spiro atoms. The molecule has 0 radical (unpaired) electrons. The number of anilines is 2. The molecule has 0 saturated heterocycles. The van der Waals surface area contributed by atoms with E-state index in [-0.39, 0.29) is 11.8 Å². The molecule has 0 N–H and O–H groups in total. The summed E-state index contributed by atoms with van der Waals surface area (Å²) in [6.45, 7) is 12.2. The van der Waals surface area contributed by atoms with Crippen LogP contribution in [-0.4, -0.2) is 17.0 Å². The van der Waals surface area contributed by atoms with E-state index in [2.05, 4.69) is 38.9 Å². The minimum atomic E-state index is -0.171. The van der Waals surface area contributed by atoms with Crippen molar-refractivity contribution in [2.24, 2.45) is 11.1 Å². The Labute approximate surface area is 159 Å². The van der Waals surface area contributed by atoms with Crippen molar-refractivity contribution in [1.29, 1.82) is 0 Å². The predicted molar refractivity (Wildman–Crippen MR) is 106 cm³/mol. The number of carbonyl (C=O) groups is 1. The van der Waals surface area contributed by atoms with Gasteiger partial charge in [-0.3, -0.25) is 9.73 Å². The molecule has 2 heterocycles. The second-order valence-corrected chi connectivity index (χ2v) is 7.49. The second-order valence-electron chi connectivity index (χ2n) is 7.49. The number of oxime groups is 1. The maximum Gasteiger partial charge on any atom is 0.248 e. The SMILES string of the molecule is Cc1cc(C)c(C)c(C2=NON3N(C(=O)C(C)C)c4ccccc4N23)c1C. The summed E-state index contributed by atoms with van der Waals surface area (Å²) in [7, 11) is 0. The number of para-hydroxylation sites is 2. The maximum atomic E-state index is 12.9. The van der Waals surface area contributed by atoms with Crippen LogP contribution in [0.1, 0.15) is 41.7 Å². The van der Waals surface area contributed by atoms with Gasteiger partial charge < -0.3 is 0 Å². The van der Waals surface area contributed by atoms with Crippen molar-refractivity contribution in [1.82, 2.24) is 5.28 Å². The normalized spacial score (nSPS) is 15.7. The van der Waals surface area contributed by atoms with Gasteiger partial charge in [0.1, 0.15) is 0 Å². The first kappa shape index (κ1) is 17.5. The summed E-state index contributed by atoms with van der Waals surface area (Å²) in [5.41, 5.74) is 7.45. The standard InChI is InChI=1S/C21H24N4O2/c1-12(2)21(26)24-18-10-8-7-9-17(18)23-20(22-27-25(23)24)19-15(5)13(3)11-14(4)16(19)6/h7-12H,1-6H3. The Hall–Kier alpha value is -2.86. The van der Waals surface area contributed by atoms with Crippen LogP contribution in [0.2, 0.25) is 0 Å². The average Bonchev–Trinajstić information content (AvgIpc) is 3.18. The Morgan fingerprint density at radius 3 is 2.19 bits per heavy atom. The van der Waals surface area contributed by atoms with E-state index in [1.165, 1.54) is 16.4 Å². The van der Waals surface area contributed by atoms with E-state index in [1.54, 1.807) is 5.01 Å². The fraction of sp³-hybridized carbons (Fsp3) is 0.333. The summed E-state index contributed by atoms with van der Waals surface area (Å²) >= 11 is 0. The third-order valence-electron chi connectivity index (χ3n) is 5.37. The molecule has 140 valence electrons. The number of carbonyl (C=O) groups excluding carboxylic acids is 1. The zero-order chi connectivity index (χ0) is 19.5. The molecule has 0 unspecified atom stereocenters. The van der Waals surface area contributed by atoms with E-state index < -0.39 is 0 Å². The highest BCUT2D eigenvalue weighted by molar-refractivity contribution is 6.16. The van der Waals surface area contributed by atoms with Crippen LogP contribution in [0.4, 0.5) is 11.4 Å². The molecule has 2 aliphatic rings. The van der Waals surface area contributed by atoms with E-state index in [0.29, 0.717) is 5.84 Å². The van der Waals surface area contributed by atoms with Crippen molar-refractivity contribution >= 4 is 23.1 Å². The van der Waals surface area contributed by atoms with E-state index >= 15 is 0 Å². The Kier molecular flexibility index (Phi) is 3.96. The smallest absolute Gasteiger partial charge is 0.248 e. The molecule has 1 amide bonds. The van der Waals surface area contributed by atoms with Crippen LogP contribution in [0.25, 0.3) is 0 Å². The van der Waals surface area contributed by atoms with Crippen molar-refractivity contribution in [3.8, 4) is 0 Å². The number of aryl methyl sites for hydroxylation is 2. The first-order chi connectivity index (χ1) is 12.8. The Morgan fingerprint density at radius 1 is 1.00 bits per heavy atom. The lowest BCUT2D eigenvalue weighted by Gasteiger charge is -2.26. The topological polar surface area (TPSA) is 48.4 Å². The van der Waals surface area contributed by atoms with Crippen LogP contribution in [0.5, 0.6) is 0 Å². The summed E-state index contributed by atoms with van der Waals surface area (Å²) in [6, 6.07) is 9.97. The number of hydrazine groups is 2. The number of nitrogens with zero attached hydrogens (tertiary/aromatic N) is 4. The zero-order valence-corrected chi connectivity index (χ0v) is 16.6. The lowest BCUT2D eigenvalue weighted by atomic mass is 9.93. The van der Waals surface area contributed by atoms with E-state index in [0.717, 1.165) is 28.1 Å². The first-order valence-electron chi connectivity index (χ1n) is 9.19. The lowest BCUT2D eigenvalue weighted by molar-refractivity contribution is -0.160. The molecule has 2 aromatic carbocycles. The van der Waals surface area contributed by atoms with Gasteiger partial charge >= 0.3 is 0 Å². The highest BCUT2D eigenvalue weighted by atomic mass is 16.9. The van der Waals surface area contributed by atoms with E-state index in [4.69, 9.17) is 4.94 Å². The highest BCUT2D eigenvalue weighted by Crippen LogP contribution is 2.43. The van der Waals surface area contributed by atoms with E-state index in [1.807, 2.05) is 43.1 Å². The molecule has 0 aliphatic carbocycles. The quantitative estimate of drug-likeness (QED) is 0.802. The predicted octanol–water partition coefficient (Wildman–Crippen LogP) is 4.17. The third kappa shape index (κ3) is 2.44. The van der Waals surface area contributed by atoms with Gasteiger partial charge in [-0.1, -0.05) is 32.0 Å². The van der Waals surface area contributed by atoms with Gasteiger partial charge in [0.2, 0.25) is 11.7 Å². The molecule has 0 aromatic heterocycles. The van der Waals surface area contributed by atoms with Crippen molar-refractivity contribution in [3.63, 3.8) is 0 Å². The Morgan fingerprint density at radius 2 is 1.59 bits per heavy atom. The minimum Gasteiger partial charge on any atom is -0.273 e. The van der Waals surface area contributed by atoms with Crippen LogP contribution >= 0.6 is 0 Å². The third-order valence-corrected chi connectivity index (χ3v) is 5.37. The minimum absolute atomic E-state index is 0.0460. The summed E-state index contributed by atoms with van der Waals surface area (Å²) in [5, 5.41) is 9.26. The molecular formula is C21H24N4O2.